The van der Waals surface area contributed by atoms with Crippen LogP contribution in [0.1, 0.15) is 24.0 Å². The predicted molar refractivity (Wildman–Crippen MR) is 118 cm³/mol. The van der Waals surface area contributed by atoms with E-state index in [4.69, 9.17) is 17.4 Å². The lowest BCUT2D eigenvalue weighted by Gasteiger charge is -2.26. The van der Waals surface area contributed by atoms with Crippen LogP contribution in [0.3, 0.4) is 0 Å². The summed E-state index contributed by atoms with van der Waals surface area (Å²) >= 11 is 7.03. The summed E-state index contributed by atoms with van der Waals surface area (Å²) in [6.07, 6.45) is 5.48. The second-order valence-electron chi connectivity index (χ2n) is 7.59. The molecule has 3 atom stereocenters. The van der Waals surface area contributed by atoms with E-state index in [1.165, 1.54) is 22.9 Å². The van der Waals surface area contributed by atoms with Crippen LogP contribution in [0.15, 0.2) is 35.0 Å². The van der Waals surface area contributed by atoms with Crippen molar-refractivity contribution < 1.29 is 14.8 Å². The molecule has 8 heteroatoms. The molecular formula is C21H23N3O3S2. The smallest absolute Gasteiger partial charge is 0.242 e. The second kappa shape index (κ2) is 8.77. The molecule has 1 aliphatic carbocycles. The van der Waals surface area contributed by atoms with Crippen LogP contribution >= 0.6 is 24.0 Å². The third-order valence-corrected chi connectivity index (χ3v) is 7.19. The van der Waals surface area contributed by atoms with Gasteiger partial charge in [0, 0.05) is 23.6 Å². The monoisotopic (exact) mass is 429 g/mol. The molecule has 0 spiro atoms. The number of nitrogens with one attached hydrogen (secondary N) is 1. The molecule has 3 aliphatic rings. The van der Waals surface area contributed by atoms with Crippen molar-refractivity contribution in [3.05, 3.63) is 41.0 Å². The zero-order valence-electron chi connectivity index (χ0n) is 15.9. The normalized spacial score (nSPS) is 26.2. The maximum Gasteiger partial charge on any atom is 0.242 e. The summed E-state index contributed by atoms with van der Waals surface area (Å²) in [5.74, 6) is 0.506. The highest BCUT2D eigenvalue weighted by molar-refractivity contribution is 7.99. The summed E-state index contributed by atoms with van der Waals surface area (Å²) in [5.41, 5.74) is 3.77. The molecule has 1 aromatic rings. The lowest BCUT2D eigenvalue weighted by molar-refractivity contribution is -0.135. The summed E-state index contributed by atoms with van der Waals surface area (Å²) in [6, 6.07) is 7.38. The lowest BCUT2D eigenvalue weighted by Crippen LogP contribution is -2.50. The van der Waals surface area contributed by atoms with E-state index in [1.807, 2.05) is 12.1 Å². The molecule has 29 heavy (non-hydrogen) atoms. The number of oxime groups is 1. The number of thioether (sulfide) groups is 1. The van der Waals surface area contributed by atoms with Gasteiger partial charge in [-0.05, 0) is 24.0 Å². The number of ketones is 1. The Balaban J connectivity index is 1.40. The molecule has 2 aliphatic heterocycles. The van der Waals surface area contributed by atoms with E-state index < -0.39 is 12.0 Å². The molecule has 2 fully saturated rings. The maximum absolute atomic E-state index is 13.1. The fraction of sp³-hybridized carbons (Fsp3) is 0.429. The second-order valence-corrected chi connectivity index (χ2v) is 9.11. The number of carbonyl (C=O) groups excluding carboxylic acids is 2. The summed E-state index contributed by atoms with van der Waals surface area (Å²) in [6.45, 7) is 0.399. The van der Waals surface area contributed by atoms with Gasteiger partial charge in [-0.2, -0.15) is 0 Å². The lowest BCUT2D eigenvalue weighted by atomic mass is 9.90. The molecule has 0 bridgehead atoms. The van der Waals surface area contributed by atoms with Gasteiger partial charge in [-0.25, -0.2) is 0 Å². The Kier molecular flexibility index (Phi) is 6.12. The standard InChI is InChI=1S/C21H23N3O3S2/c25-17(6-5-13-7-14-3-1-2-4-15(14)8-13)19-18(28)10-22-20(19)21(26)24-12-29-11-16(24)9-23-27/h1-4,7,9,16,19-20,22,27H,5-6,8,10-12H2/t16-,19?,20+/m1/s1. The Labute approximate surface area is 179 Å². The number of carbonyl (C=O) groups is 2. The van der Waals surface area contributed by atoms with Crippen LogP contribution in [0, 0.1) is 5.92 Å². The number of thiocarbonyl (C=S) groups is 1. The highest BCUT2D eigenvalue weighted by Gasteiger charge is 2.44. The Bertz CT molecular complexity index is 899. The fourth-order valence-corrected chi connectivity index (χ4v) is 5.71. The number of hydrogen-bond donors (Lipinski definition) is 2. The average Bonchev–Trinajstić information content (AvgIpc) is 3.43. The zero-order valence-corrected chi connectivity index (χ0v) is 17.5. The van der Waals surface area contributed by atoms with Gasteiger partial charge in [-0.15, -0.1) is 11.8 Å². The van der Waals surface area contributed by atoms with E-state index in [1.54, 1.807) is 16.7 Å². The van der Waals surface area contributed by atoms with Crippen molar-refractivity contribution in [1.29, 1.82) is 0 Å². The first-order chi connectivity index (χ1) is 14.1. The number of allylic oxidation sites excluding steroid dienone is 1. The molecule has 1 unspecified atom stereocenters. The molecule has 0 radical (unpaired) electrons. The number of hydrogen-bond acceptors (Lipinski definition) is 7. The number of rotatable bonds is 6. The number of benzene rings is 1. The first-order valence-corrected chi connectivity index (χ1v) is 11.3. The minimum Gasteiger partial charge on any atom is -0.411 e. The summed E-state index contributed by atoms with van der Waals surface area (Å²) in [5, 5.41) is 15.1. The first-order valence-electron chi connectivity index (χ1n) is 9.70. The molecule has 0 saturated carbocycles. The van der Waals surface area contributed by atoms with Crippen molar-refractivity contribution in [2.24, 2.45) is 11.1 Å². The summed E-state index contributed by atoms with van der Waals surface area (Å²) < 4.78 is 0. The molecule has 1 amide bonds. The number of nitrogens with zero attached hydrogens (tertiary/aromatic N) is 2. The van der Waals surface area contributed by atoms with Crippen LogP contribution in [-0.2, 0) is 16.0 Å². The van der Waals surface area contributed by atoms with Crippen molar-refractivity contribution in [1.82, 2.24) is 10.2 Å². The molecule has 1 aromatic carbocycles. The van der Waals surface area contributed by atoms with Gasteiger partial charge in [-0.1, -0.05) is 53.3 Å². The van der Waals surface area contributed by atoms with Gasteiger partial charge in [0.25, 0.3) is 0 Å². The highest BCUT2D eigenvalue weighted by Crippen LogP contribution is 2.29. The molecule has 152 valence electrons. The van der Waals surface area contributed by atoms with E-state index in [0.29, 0.717) is 35.9 Å². The summed E-state index contributed by atoms with van der Waals surface area (Å²) in [7, 11) is 0. The molecule has 6 nitrogen and oxygen atoms in total. The SMILES string of the molecule is O=C(CCC1=Cc2ccccc2C1)C1C(=S)CN[C@@H]1C(=O)N1CSC[C@H]1C=NO. The first kappa shape index (κ1) is 20.3. The molecule has 2 saturated heterocycles. The summed E-state index contributed by atoms with van der Waals surface area (Å²) in [4.78, 5) is 28.4. The Hall–Kier alpha value is -2.03. The van der Waals surface area contributed by atoms with Gasteiger partial charge < -0.3 is 15.4 Å². The van der Waals surface area contributed by atoms with Crippen molar-refractivity contribution in [2.75, 3.05) is 18.2 Å². The molecule has 2 N–H and O–H groups in total. The van der Waals surface area contributed by atoms with Crippen molar-refractivity contribution in [3.63, 3.8) is 0 Å². The Morgan fingerprint density at radius 3 is 3.00 bits per heavy atom. The largest absolute Gasteiger partial charge is 0.411 e. The number of amides is 1. The van der Waals surface area contributed by atoms with E-state index in [-0.39, 0.29) is 17.7 Å². The van der Waals surface area contributed by atoms with E-state index in [9.17, 15) is 9.59 Å². The van der Waals surface area contributed by atoms with E-state index in [0.717, 1.165) is 6.42 Å². The quantitative estimate of drug-likeness (QED) is 0.313. The van der Waals surface area contributed by atoms with E-state index in [2.05, 4.69) is 28.7 Å². The minimum absolute atomic E-state index is 0.0226. The topological polar surface area (TPSA) is 82.0 Å². The average molecular weight is 430 g/mol. The number of Topliss-reactive ketones (excluding diaryl/α,β-unsaturated/α-hetero) is 1. The third-order valence-electron chi connectivity index (χ3n) is 5.76. The van der Waals surface area contributed by atoms with Crippen molar-refractivity contribution in [2.45, 2.75) is 31.3 Å². The molecule has 4 rings (SSSR count). The van der Waals surface area contributed by atoms with E-state index >= 15 is 0 Å². The van der Waals surface area contributed by atoms with Crippen LogP contribution in [0.5, 0.6) is 0 Å². The fourth-order valence-electron chi connectivity index (χ4n) is 4.23. The van der Waals surface area contributed by atoms with Crippen molar-refractivity contribution >= 4 is 52.8 Å². The van der Waals surface area contributed by atoms with Gasteiger partial charge >= 0.3 is 0 Å². The zero-order chi connectivity index (χ0) is 20.4. The highest BCUT2D eigenvalue weighted by atomic mass is 32.2. The minimum atomic E-state index is -0.627. The van der Waals surface area contributed by atoms with Crippen LogP contribution in [0.2, 0.25) is 0 Å². The molecule has 2 heterocycles. The van der Waals surface area contributed by atoms with Crippen LogP contribution < -0.4 is 5.32 Å². The van der Waals surface area contributed by atoms with Gasteiger partial charge in [-0.3, -0.25) is 9.59 Å². The maximum atomic E-state index is 13.1. The van der Waals surface area contributed by atoms with Gasteiger partial charge in [0.05, 0.1) is 24.1 Å². The van der Waals surface area contributed by atoms with Gasteiger partial charge in [0.1, 0.15) is 11.8 Å². The van der Waals surface area contributed by atoms with Crippen LogP contribution in [0.25, 0.3) is 6.08 Å². The molecular weight excluding hydrogens is 406 g/mol. The Morgan fingerprint density at radius 1 is 1.38 bits per heavy atom. The van der Waals surface area contributed by atoms with Gasteiger partial charge in [0.2, 0.25) is 5.91 Å². The van der Waals surface area contributed by atoms with Crippen LogP contribution in [0.4, 0.5) is 0 Å². The van der Waals surface area contributed by atoms with Crippen LogP contribution in [-0.4, -0.2) is 63.1 Å². The number of fused-ring (bicyclic) bond motifs is 1. The molecule has 0 aromatic heterocycles. The Morgan fingerprint density at radius 2 is 2.21 bits per heavy atom. The van der Waals surface area contributed by atoms with Gasteiger partial charge in [0.15, 0.2) is 0 Å². The third kappa shape index (κ3) is 4.15. The van der Waals surface area contributed by atoms with Crippen molar-refractivity contribution in [3.8, 4) is 0 Å². The predicted octanol–water partition coefficient (Wildman–Crippen LogP) is 2.29.